The number of nitrogens with one attached hydrogen (secondary N) is 1. The number of likely N-dealkylation sites (N-methyl/N-ethyl adjacent to an activating group) is 1. The Morgan fingerprint density at radius 1 is 0.824 bits per heavy atom. The molecular weight excluding hydrogens is 432 g/mol. The molecule has 2 amide bonds. The lowest BCUT2D eigenvalue weighted by molar-refractivity contribution is -0.131. The Labute approximate surface area is 196 Å². The highest BCUT2D eigenvalue weighted by Gasteiger charge is 2.11. The fourth-order valence-electron chi connectivity index (χ4n) is 3.30. The Balaban J connectivity index is 1.45. The summed E-state index contributed by atoms with van der Waals surface area (Å²) in [5.74, 6) is 0.930. The molecule has 0 spiro atoms. The van der Waals surface area contributed by atoms with Gasteiger partial charge in [-0.15, -0.1) is 0 Å². The van der Waals surface area contributed by atoms with Crippen LogP contribution in [0.1, 0.15) is 6.92 Å². The van der Waals surface area contributed by atoms with Crippen molar-refractivity contribution in [3.05, 3.63) is 102 Å². The van der Waals surface area contributed by atoms with Gasteiger partial charge in [-0.1, -0.05) is 18.2 Å². The molecule has 8 nitrogen and oxygen atoms in total. The highest BCUT2D eigenvalue weighted by molar-refractivity contribution is 5.94. The predicted molar refractivity (Wildman–Crippen MR) is 130 cm³/mol. The average Bonchev–Trinajstić information content (AvgIpc) is 3.22. The van der Waals surface area contributed by atoms with Crippen LogP contribution in [0.15, 0.2) is 96.1 Å². The highest BCUT2D eigenvalue weighted by atomic mass is 16.5. The number of hydrogen-bond acceptors (Lipinski definition) is 4. The molecule has 0 radical (unpaired) electrons. The van der Waals surface area contributed by atoms with Crippen LogP contribution in [0.3, 0.4) is 0 Å². The molecule has 0 saturated heterocycles. The van der Waals surface area contributed by atoms with Gasteiger partial charge in [-0.3, -0.25) is 18.7 Å². The first-order valence-corrected chi connectivity index (χ1v) is 10.7. The van der Waals surface area contributed by atoms with Gasteiger partial charge in [-0.05, 0) is 60.7 Å². The SMILES string of the molecule is CC(=O)N(C)CC(=O)Nc1ccc(-n2ccn(-c3ccc(Oc4ccccc4)cc3)c2=O)cc1. The van der Waals surface area contributed by atoms with Crippen LogP contribution in [0.4, 0.5) is 5.69 Å². The summed E-state index contributed by atoms with van der Waals surface area (Å²) in [6.45, 7) is 1.37. The number of aromatic nitrogens is 2. The fraction of sp³-hybridized carbons (Fsp3) is 0.115. The van der Waals surface area contributed by atoms with Crippen LogP contribution in [0, 0.1) is 0 Å². The van der Waals surface area contributed by atoms with E-state index in [4.69, 9.17) is 4.74 Å². The number of anilines is 1. The third-order valence-electron chi connectivity index (χ3n) is 5.22. The number of carbonyl (C=O) groups is 2. The van der Waals surface area contributed by atoms with Gasteiger partial charge in [0.1, 0.15) is 11.5 Å². The molecule has 0 aliphatic carbocycles. The number of nitrogens with zero attached hydrogens (tertiary/aromatic N) is 3. The zero-order valence-electron chi connectivity index (χ0n) is 18.8. The molecule has 0 aliphatic rings. The Morgan fingerprint density at radius 2 is 1.35 bits per heavy atom. The van der Waals surface area contributed by atoms with Crippen molar-refractivity contribution in [2.75, 3.05) is 18.9 Å². The minimum Gasteiger partial charge on any atom is -0.457 e. The summed E-state index contributed by atoms with van der Waals surface area (Å²) >= 11 is 0. The maximum absolute atomic E-state index is 13.0. The lowest BCUT2D eigenvalue weighted by Crippen LogP contribution is -2.33. The third-order valence-corrected chi connectivity index (χ3v) is 5.22. The van der Waals surface area contributed by atoms with Gasteiger partial charge < -0.3 is 15.0 Å². The van der Waals surface area contributed by atoms with Crippen molar-refractivity contribution >= 4 is 17.5 Å². The van der Waals surface area contributed by atoms with Gasteiger partial charge in [-0.2, -0.15) is 0 Å². The van der Waals surface area contributed by atoms with E-state index in [0.717, 1.165) is 5.75 Å². The lowest BCUT2D eigenvalue weighted by Gasteiger charge is -2.14. The molecule has 0 fully saturated rings. The molecule has 172 valence electrons. The predicted octanol–water partition coefficient (Wildman–Crippen LogP) is 3.84. The van der Waals surface area contributed by atoms with Crippen molar-refractivity contribution in [1.29, 1.82) is 0 Å². The summed E-state index contributed by atoms with van der Waals surface area (Å²) in [5, 5.41) is 2.74. The van der Waals surface area contributed by atoms with Crippen LogP contribution in [0.25, 0.3) is 11.4 Å². The molecule has 4 aromatic rings. The van der Waals surface area contributed by atoms with Gasteiger partial charge in [0.05, 0.1) is 17.9 Å². The minimum absolute atomic E-state index is 0.0332. The fourth-order valence-corrected chi connectivity index (χ4v) is 3.30. The molecule has 1 aromatic heterocycles. The minimum atomic E-state index is -0.298. The van der Waals surface area contributed by atoms with E-state index in [9.17, 15) is 14.4 Å². The van der Waals surface area contributed by atoms with Crippen LogP contribution in [-0.2, 0) is 9.59 Å². The van der Waals surface area contributed by atoms with Crippen LogP contribution in [0.2, 0.25) is 0 Å². The topological polar surface area (TPSA) is 85.6 Å². The van der Waals surface area contributed by atoms with E-state index >= 15 is 0 Å². The van der Waals surface area contributed by atoms with Crippen molar-refractivity contribution < 1.29 is 14.3 Å². The second-order valence-corrected chi connectivity index (χ2v) is 7.70. The number of benzene rings is 3. The molecule has 0 aliphatic heterocycles. The van der Waals surface area contributed by atoms with Crippen molar-refractivity contribution in [3.8, 4) is 22.9 Å². The van der Waals surface area contributed by atoms with Gasteiger partial charge in [0.2, 0.25) is 11.8 Å². The first-order valence-electron chi connectivity index (χ1n) is 10.7. The molecule has 1 heterocycles. The molecule has 0 saturated carbocycles. The standard InChI is InChI=1S/C26H24N4O4/c1-19(31)28(2)18-25(32)27-20-8-10-21(11-9-20)29-16-17-30(26(29)33)22-12-14-24(15-13-22)34-23-6-4-3-5-7-23/h3-17H,18H2,1-2H3,(H,27,32). The Kier molecular flexibility index (Phi) is 6.59. The molecule has 4 rings (SSSR count). The van der Waals surface area contributed by atoms with Gasteiger partial charge in [0, 0.05) is 32.1 Å². The highest BCUT2D eigenvalue weighted by Crippen LogP contribution is 2.22. The summed E-state index contributed by atoms with van der Waals surface area (Å²) in [7, 11) is 1.56. The first-order chi connectivity index (χ1) is 16.4. The Bertz CT molecular complexity index is 1340. The zero-order valence-corrected chi connectivity index (χ0v) is 18.8. The average molecular weight is 457 g/mol. The molecule has 0 bridgehead atoms. The van der Waals surface area contributed by atoms with Crippen LogP contribution in [0.5, 0.6) is 11.5 Å². The summed E-state index contributed by atoms with van der Waals surface area (Å²) in [5.41, 5.74) is 1.72. The second-order valence-electron chi connectivity index (χ2n) is 7.70. The van der Waals surface area contributed by atoms with Gasteiger partial charge in [0.15, 0.2) is 0 Å². The summed E-state index contributed by atoms with van der Waals surface area (Å²) in [6.07, 6.45) is 3.38. The molecular formula is C26H24N4O4. The van der Waals surface area contributed by atoms with E-state index < -0.39 is 0 Å². The number of carbonyl (C=O) groups excluding carboxylic acids is 2. The Morgan fingerprint density at radius 3 is 1.91 bits per heavy atom. The van der Waals surface area contributed by atoms with E-state index in [2.05, 4.69) is 5.32 Å². The van der Waals surface area contributed by atoms with E-state index in [-0.39, 0.29) is 24.0 Å². The van der Waals surface area contributed by atoms with Crippen molar-refractivity contribution in [2.24, 2.45) is 0 Å². The number of ether oxygens (including phenoxy) is 1. The number of amides is 2. The molecule has 34 heavy (non-hydrogen) atoms. The maximum Gasteiger partial charge on any atom is 0.337 e. The van der Waals surface area contributed by atoms with Crippen molar-refractivity contribution in [2.45, 2.75) is 6.92 Å². The quantitative estimate of drug-likeness (QED) is 0.458. The van der Waals surface area contributed by atoms with Crippen LogP contribution < -0.4 is 15.7 Å². The Hall–Kier alpha value is -4.59. The third kappa shape index (κ3) is 5.24. The van der Waals surface area contributed by atoms with Crippen molar-refractivity contribution in [3.63, 3.8) is 0 Å². The van der Waals surface area contributed by atoms with E-state index in [1.165, 1.54) is 16.4 Å². The smallest absolute Gasteiger partial charge is 0.337 e. The molecule has 8 heteroatoms. The lowest BCUT2D eigenvalue weighted by atomic mass is 10.2. The van der Waals surface area contributed by atoms with Gasteiger partial charge >= 0.3 is 5.69 Å². The maximum atomic E-state index is 13.0. The largest absolute Gasteiger partial charge is 0.457 e. The van der Waals surface area contributed by atoms with E-state index in [1.807, 2.05) is 54.6 Å². The molecule has 3 aromatic carbocycles. The zero-order chi connectivity index (χ0) is 24.1. The second kappa shape index (κ2) is 9.91. The molecule has 0 atom stereocenters. The summed E-state index contributed by atoms with van der Waals surface area (Å²) in [6, 6.07) is 23.6. The van der Waals surface area contributed by atoms with Gasteiger partial charge in [0.25, 0.3) is 0 Å². The van der Waals surface area contributed by atoms with Gasteiger partial charge in [-0.25, -0.2) is 4.79 Å². The number of imidazole rings is 1. The summed E-state index contributed by atoms with van der Waals surface area (Å²) < 4.78 is 8.86. The van der Waals surface area contributed by atoms with Crippen LogP contribution in [-0.4, -0.2) is 39.4 Å². The monoisotopic (exact) mass is 456 g/mol. The normalized spacial score (nSPS) is 10.5. The number of rotatable bonds is 7. The van der Waals surface area contributed by atoms with E-state index in [0.29, 0.717) is 22.8 Å². The van der Waals surface area contributed by atoms with Crippen LogP contribution >= 0.6 is 0 Å². The molecule has 1 N–H and O–H groups in total. The first kappa shape index (κ1) is 22.6. The number of para-hydroxylation sites is 1. The van der Waals surface area contributed by atoms with Crippen molar-refractivity contribution in [1.82, 2.24) is 14.0 Å². The van der Waals surface area contributed by atoms with E-state index in [1.54, 1.807) is 48.3 Å². The summed E-state index contributed by atoms with van der Waals surface area (Å²) in [4.78, 5) is 37.6. The molecule has 0 unspecified atom stereocenters. The number of hydrogen-bond donors (Lipinski definition) is 1.